The molecule has 33 heavy (non-hydrogen) atoms. The van der Waals surface area contributed by atoms with Crippen LogP contribution in [-0.4, -0.2) is 65.7 Å². The lowest BCUT2D eigenvalue weighted by molar-refractivity contribution is -0.130. The van der Waals surface area contributed by atoms with Crippen LogP contribution in [0.1, 0.15) is 13.3 Å². The molecule has 0 bridgehead atoms. The predicted octanol–water partition coefficient (Wildman–Crippen LogP) is 3.67. The van der Waals surface area contributed by atoms with Crippen molar-refractivity contribution < 1.29 is 17.9 Å². The molecule has 0 spiro atoms. The van der Waals surface area contributed by atoms with E-state index in [1.807, 2.05) is 66.1 Å². The maximum Gasteiger partial charge on any atom is 0.235 e. The van der Waals surface area contributed by atoms with Gasteiger partial charge >= 0.3 is 0 Å². The zero-order valence-corrected chi connectivity index (χ0v) is 20.5. The number of thioether (sulfide) groups is 1. The molecule has 0 N–H and O–H groups in total. The molecule has 1 aliphatic rings. The third-order valence-corrected chi connectivity index (χ3v) is 8.66. The van der Waals surface area contributed by atoms with E-state index in [1.54, 1.807) is 25.3 Å². The van der Waals surface area contributed by atoms with Crippen LogP contribution < -0.4 is 4.74 Å². The molecule has 4 rings (SSSR count). The molecule has 9 heteroatoms. The van der Waals surface area contributed by atoms with Gasteiger partial charge in [-0.3, -0.25) is 9.36 Å². The maximum absolute atomic E-state index is 13.1. The summed E-state index contributed by atoms with van der Waals surface area (Å²) in [5.41, 5.74) is 2.71. The summed E-state index contributed by atoms with van der Waals surface area (Å²) in [5, 5.41) is 0.212. The van der Waals surface area contributed by atoms with Crippen molar-refractivity contribution >= 4 is 27.5 Å². The second-order valence-corrected chi connectivity index (χ2v) is 11.6. The summed E-state index contributed by atoms with van der Waals surface area (Å²) < 4.78 is 31.3. The molecule has 2 unspecified atom stereocenters. The first-order valence-corrected chi connectivity index (χ1v) is 13.4. The molecule has 7 nitrogen and oxygen atoms in total. The summed E-state index contributed by atoms with van der Waals surface area (Å²) in [4.78, 5) is 19.4. The van der Waals surface area contributed by atoms with E-state index in [2.05, 4.69) is 4.98 Å². The second kappa shape index (κ2) is 9.61. The molecule has 1 fully saturated rings. The molecule has 1 aromatic heterocycles. The van der Waals surface area contributed by atoms with Crippen molar-refractivity contribution in [3.05, 3.63) is 60.8 Å². The van der Waals surface area contributed by atoms with Crippen molar-refractivity contribution in [3.8, 4) is 22.7 Å². The number of nitrogens with zero attached hydrogens (tertiary/aromatic N) is 3. The van der Waals surface area contributed by atoms with Crippen LogP contribution in [-0.2, 0) is 14.6 Å². The number of hydrogen-bond acceptors (Lipinski definition) is 6. The minimum Gasteiger partial charge on any atom is -0.495 e. The Hall–Kier alpha value is -2.78. The minimum atomic E-state index is -3.07. The number of sulfone groups is 1. The van der Waals surface area contributed by atoms with Gasteiger partial charge in [0.25, 0.3) is 0 Å². The van der Waals surface area contributed by atoms with Gasteiger partial charge < -0.3 is 9.64 Å². The van der Waals surface area contributed by atoms with E-state index in [4.69, 9.17) is 4.74 Å². The number of imidazole rings is 1. The Morgan fingerprint density at radius 1 is 1.18 bits per heavy atom. The van der Waals surface area contributed by atoms with Crippen LogP contribution in [0.5, 0.6) is 5.75 Å². The number of benzene rings is 2. The van der Waals surface area contributed by atoms with E-state index in [1.165, 1.54) is 11.8 Å². The van der Waals surface area contributed by atoms with Crippen molar-refractivity contribution in [2.24, 2.45) is 0 Å². The van der Waals surface area contributed by atoms with Gasteiger partial charge in [-0.25, -0.2) is 13.4 Å². The Morgan fingerprint density at radius 3 is 2.55 bits per heavy atom. The first kappa shape index (κ1) is 23.4. The summed E-state index contributed by atoms with van der Waals surface area (Å²) >= 11 is 1.35. The predicted molar refractivity (Wildman–Crippen MR) is 131 cm³/mol. The summed E-state index contributed by atoms with van der Waals surface area (Å²) in [6.45, 7) is 1.83. The average molecular weight is 486 g/mol. The first-order valence-electron chi connectivity index (χ1n) is 10.7. The van der Waals surface area contributed by atoms with E-state index in [0.717, 1.165) is 16.9 Å². The number of carbonyl (C=O) groups excluding carboxylic acids is 1. The topological polar surface area (TPSA) is 81.5 Å². The fourth-order valence-electron chi connectivity index (χ4n) is 4.03. The number of para-hydroxylation sites is 2. The van der Waals surface area contributed by atoms with Gasteiger partial charge in [0.1, 0.15) is 5.75 Å². The van der Waals surface area contributed by atoms with Gasteiger partial charge in [-0.1, -0.05) is 54.2 Å². The summed E-state index contributed by atoms with van der Waals surface area (Å²) in [5.74, 6) is 0.746. The molecule has 1 saturated heterocycles. The van der Waals surface area contributed by atoms with E-state index >= 15 is 0 Å². The van der Waals surface area contributed by atoms with Crippen LogP contribution in [0, 0.1) is 0 Å². The third kappa shape index (κ3) is 4.94. The smallest absolute Gasteiger partial charge is 0.235 e. The van der Waals surface area contributed by atoms with Crippen LogP contribution in [0.2, 0.25) is 0 Å². The lowest BCUT2D eigenvalue weighted by Gasteiger charge is -2.26. The Balaban J connectivity index is 1.66. The number of ether oxygens (including phenoxy) is 1. The summed E-state index contributed by atoms with van der Waals surface area (Å²) in [7, 11) is 0.247. The van der Waals surface area contributed by atoms with Gasteiger partial charge in [0.05, 0.1) is 41.4 Å². The maximum atomic E-state index is 13.1. The lowest BCUT2D eigenvalue weighted by Crippen LogP contribution is -2.41. The van der Waals surface area contributed by atoms with Crippen LogP contribution >= 0.6 is 11.8 Å². The summed E-state index contributed by atoms with van der Waals surface area (Å²) in [6, 6.07) is 17.3. The summed E-state index contributed by atoms with van der Waals surface area (Å²) in [6.07, 6.45) is 2.28. The molecule has 2 atom stereocenters. The minimum absolute atomic E-state index is 0.0284. The third-order valence-electron chi connectivity index (χ3n) is 5.86. The average Bonchev–Trinajstić information content (AvgIpc) is 3.41. The van der Waals surface area contributed by atoms with Crippen LogP contribution in [0.15, 0.2) is 66.0 Å². The van der Waals surface area contributed by atoms with E-state index in [0.29, 0.717) is 17.3 Å². The lowest BCUT2D eigenvalue weighted by atomic mass is 10.1. The highest BCUT2D eigenvalue weighted by molar-refractivity contribution is 8.00. The molecular formula is C24H27N3O4S2. The van der Waals surface area contributed by atoms with Crippen LogP contribution in [0.3, 0.4) is 0 Å². The highest BCUT2D eigenvalue weighted by Gasteiger charge is 2.34. The van der Waals surface area contributed by atoms with Gasteiger partial charge in [0, 0.05) is 18.7 Å². The van der Waals surface area contributed by atoms with Gasteiger partial charge in [-0.2, -0.15) is 0 Å². The quantitative estimate of drug-likeness (QED) is 0.475. The molecule has 1 amide bonds. The second-order valence-electron chi connectivity index (χ2n) is 8.07. The Kier molecular flexibility index (Phi) is 6.81. The molecular weight excluding hydrogens is 458 g/mol. The standard InChI is InChI=1S/C24H27N3O4S2/c1-17(23(28)26(2)19-13-14-33(29,30)16-19)32-24-25-15-21(18-9-5-4-6-10-18)27(24)20-11-7-8-12-22(20)31-3/h4-12,15,17,19H,13-14,16H2,1-3H3. The number of aromatic nitrogens is 2. The molecule has 0 saturated carbocycles. The van der Waals surface area contributed by atoms with Gasteiger partial charge in [-0.15, -0.1) is 0 Å². The highest BCUT2D eigenvalue weighted by Crippen LogP contribution is 2.35. The van der Waals surface area contributed by atoms with Crippen molar-refractivity contribution in [2.45, 2.75) is 29.8 Å². The van der Waals surface area contributed by atoms with Crippen molar-refractivity contribution in [1.82, 2.24) is 14.5 Å². The molecule has 174 valence electrons. The van der Waals surface area contributed by atoms with Gasteiger partial charge in [0.15, 0.2) is 15.0 Å². The highest BCUT2D eigenvalue weighted by atomic mass is 32.2. The van der Waals surface area contributed by atoms with E-state index in [-0.39, 0.29) is 23.5 Å². The molecule has 2 heterocycles. The van der Waals surface area contributed by atoms with Crippen molar-refractivity contribution in [2.75, 3.05) is 25.7 Å². The van der Waals surface area contributed by atoms with E-state index < -0.39 is 15.1 Å². The van der Waals surface area contributed by atoms with Crippen molar-refractivity contribution in [1.29, 1.82) is 0 Å². The molecule has 1 aliphatic heterocycles. The van der Waals surface area contributed by atoms with Crippen LogP contribution in [0.25, 0.3) is 16.9 Å². The largest absolute Gasteiger partial charge is 0.495 e. The Morgan fingerprint density at radius 2 is 1.88 bits per heavy atom. The number of methoxy groups -OCH3 is 1. The van der Waals surface area contributed by atoms with Gasteiger partial charge in [-0.05, 0) is 25.5 Å². The fourth-order valence-corrected chi connectivity index (χ4v) is 6.81. The normalized spacial score (nSPS) is 18.1. The Labute approximate surface area is 198 Å². The monoisotopic (exact) mass is 485 g/mol. The Bertz CT molecular complexity index is 1240. The number of hydrogen-bond donors (Lipinski definition) is 0. The zero-order chi connectivity index (χ0) is 23.6. The molecule has 0 aliphatic carbocycles. The molecule has 3 aromatic rings. The van der Waals surface area contributed by atoms with Crippen molar-refractivity contribution in [3.63, 3.8) is 0 Å². The van der Waals surface area contributed by atoms with Gasteiger partial charge in [0.2, 0.25) is 5.91 Å². The first-order chi connectivity index (χ1) is 15.8. The van der Waals surface area contributed by atoms with Crippen LogP contribution in [0.4, 0.5) is 0 Å². The zero-order valence-electron chi connectivity index (χ0n) is 18.8. The SMILES string of the molecule is COc1ccccc1-n1c(-c2ccccc2)cnc1SC(C)C(=O)N(C)C1CCS(=O)(=O)C1. The molecule has 0 radical (unpaired) electrons. The fraction of sp³-hybridized carbons (Fsp3) is 0.333. The number of rotatable bonds is 7. The number of carbonyl (C=O) groups is 1. The van der Waals surface area contributed by atoms with E-state index in [9.17, 15) is 13.2 Å². The number of amides is 1. The molecule has 2 aromatic carbocycles.